The van der Waals surface area contributed by atoms with Gasteiger partial charge in [-0.15, -0.1) is 0 Å². The van der Waals surface area contributed by atoms with Gasteiger partial charge in [0.15, 0.2) is 11.8 Å². The molecule has 1 aliphatic rings. The number of nitrogens with one attached hydrogen (secondary N) is 1. The second kappa shape index (κ2) is 10.1. The van der Waals surface area contributed by atoms with Gasteiger partial charge in [0.2, 0.25) is 5.89 Å². The fourth-order valence-corrected chi connectivity index (χ4v) is 3.25. The molecule has 0 unspecified atom stereocenters. The number of ether oxygens (including phenoxy) is 1. The van der Waals surface area contributed by atoms with Crippen molar-refractivity contribution >= 4 is 5.96 Å². The molecule has 0 bridgehead atoms. The molecular formula is C21H31N5O2. The van der Waals surface area contributed by atoms with Crippen molar-refractivity contribution in [3.8, 4) is 5.75 Å². The number of benzene rings is 1. The lowest BCUT2D eigenvalue weighted by molar-refractivity contribution is 0.129. The third-order valence-electron chi connectivity index (χ3n) is 4.85. The molecule has 1 saturated heterocycles. The minimum absolute atomic E-state index is 0.268. The van der Waals surface area contributed by atoms with Gasteiger partial charge < -0.3 is 19.5 Å². The molecule has 1 fully saturated rings. The Balaban J connectivity index is 1.37. The summed E-state index contributed by atoms with van der Waals surface area (Å²) in [5, 5.41) is 7.45. The molecule has 3 rings (SSSR count). The fourth-order valence-electron chi connectivity index (χ4n) is 3.25. The molecule has 152 valence electrons. The number of para-hydroxylation sites is 1. The Morgan fingerprint density at radius 1 is 1.29 bits per heavy atom. The number of piperidine rings is 1. The van der Waals surface area contributed by atoms with E-state index in [0.29, 0.717) is 11.8 Å². The first-order chi connectivity index (χ1) is 13.7. The molecule has 0 radical (unpaired) electrons. The number of aliphatic imine (C=N–C) groups is 1. The minimum Gasteiger partial charge on any atom is -0.490 e. The molecule has 1 aromatic carbocycles. The predicted octanol–water partition coefficient (Wildman–Crippen LogP) is 3.24. The summed E-state index contributed by atoms with van der Waals surface area (Å²) in [6.45, 7) is 6.84. The molecule has 28 heavy (non-hydrogen) atoms. The van der Waals surface area contributed by atoms with Crippen LogP contribution in [0.5, 0.6) is 5.75 Å². The van der Waals surface area contributed by atoms with Crippen molar-refractivity contribution in [2.45, 2.75) is 51.6 Å². The Bertz CT molecular complexity index is 736. The average Bonchev–Trinajstić information content (AvgIpc) is 3.19. The third-order valence-corrected chi connectivity index (χ3v) is 4.85. The molecule has 7 heteroatoms. The lowest BCUT2D eigenvalue weighted by Gasteiger charge is -2.34. The lowest BCUT2D eigenvalue weighted by Crippen LogP contribution is -2.47. The van der Waals surface area contributed by atoms with E-state index in [1.54, 1.807) is 0 Å². The summed E-state index contributed by atoms with van der Waals surface area (Å²) in [5.41, 5.74) is 0. The summed E-state index contributed by atoms with van der Waals surface area (Å²) in [6, 6.07) is 10.1. The summed E-state index contributed by atoms with van der Waals surface area (Å²) in [6.07, 6.45) is 3.96. The topological polar surface area (TPSA) is 75.8 Å². The van der Waals surface area contributed by atoms with Crippen LogP contribution in [0.1, 0.15) is 50.7 Å². The Hall–Kier alpha value is -2.57. The fraction of sp³-hybridized carbons (Fsp3) is 0.571. The van der Waals surface area contributed by atoms with E-state index in [4.69, 9.17) is 9.26 Å². The zero-order valence-electron chi connectivity index (χ0n) is 17.1. The predicted molar refractivity (Wildman–Crippen MR) is 110 cm³/mol. The van der Waals surface area contributed by atoms with Gasteiger partial charge in [-0.3, -0.25) is 4.99 Å². The Labute approximate surface area is 167 Å². The first-order valence-electron chi connectivity index (χ1n) is 10.2. The summed E-state index contributed by atoms with van der Waals surface area (Å²) in [7, 11) is 1.84. The Morgan fingerprint density at radius 3 is 2.68 bits per heavy atom. The van der Waals surface area contributed by atoms with E-state index in [-0.39, 0.29) is 6.10 Å². The monoisotopic (exact) mass is 385 g/mol. The summed E-state index contributed by atoms with van der Waals surface area (Å²) in [4.78, 5) is 11.2. The van der Waals surface area contributed by atoms with Crippen molar-refractivity contribution in [1.29, 1.82) is 0 Å². The lowest BCUT2D eigenvalue weighted by atomic mass is 10.1. The van der Waals surface area contributed by atoms with E-state index >= 15 is 0 Å². The molecule has 0 atom stereocenters. The van der Waals surface area contributed by atoms with Crippen LogP contribution in [-0.4, -0.2) is 53.8 Å². The van der Waals surface area contributed by atoms with Gasteiger partial charge in [0.25, 0.3) is 0 Å². The van der Waals surface area contributed by atoms with Crippen LogP contribution in [-0.2, 0) is 6.42 Å². The number of guanidine groups is 1. The van der Waals surface area contributed by atoms with Crippen molar-refractivity contribution < 1.29 is 9.26 Å². The minimum atomic E-state index is 0.268. The highest BCUT2D eigenvalue weighted by molar-refractivity contribution is 5.79. The number of hydrogen-bond acceptors (Lipinski definition) is 5. The van der Waals surface area contributed by atoms with Gasteiger partial charge in [0, 0.05) is 51.9 Å². The van der Waals surface area contributed by atoms with Gasteiger partial charge in [-0.25, -0.2) is 0 Å². The number of rotatable bonds is 7. The van der Waals surface area contributed by atoms with E-state index in [1.807, 2.05) is 37.4 Å². The molecule has 0 saturated carbocycles. The quantitative estimate of drug-likeness (QED) is 0.448. The normalized spacial score (nSPS) is 15.9. The summed E-state index contributed by atoms with van der Waals surface area (Å²) < 4.78 is 11.4. The van der Waals surface area contributed by atoms with Gasteiger partial charge in [0.1, 0.15) is 11.9 Å². The molecule has 2 aromatic rings. The Kier molecular flexibility index (Phi) is 7.28. The molecule has 1 aliphatic heterocycles. The van der Waals surface area contributed by atoms with E-state index in [0.717, 1.165) is 62.9 Å². The molecule has 0 amide bonds. The molecule has 0 spiro atoms. The van der Waals surface area contributed by atoms with Gasteiger partial charge in [-0.1, -0.05) is 37.2 Å². The first-order valence-corrected chi connectivity index (χ1v) is 10.2. The first kappa shape index (κ1) is 20.2. The van der Waals surface area contributed by atoms with Crippen molar-refractivity contribution in [1.82, 2.24) is 20.4 Å². The SMILES string of the molecule is CN=C(NCCCc1nc(C(C)C)no1)N1CCC(Oc2ccccc2)CC1. The summed E-state index contributed by atoms with van der Waals surface area (Å²) >= 11 is 0. The molecule has 0 aliphatic carbocycles. The van der Waals surface area contributed by atoms with Crippen LogP contribution in [0.15, 0.2) is 39.8 Å². The van der Waals surface area contributed by atoms with E-state index in [1.165, 1.54) is 0 Å². The molecule has 7 nitrogen and oxygen atoms in total. The van der Waals surface area contributed by atoms with Crippen LogP contribution < -0.4 is 10.1 Å². The summed E-state index contributed by atoms with van der Waals surface area (Å²) in [5.74, 6) is 3.68. The number of aromatic nitrogens is 2. The zero-order valence-corrected chi connectivity index (χ0v) is 17.1. The Morgan fingerprint density at radius 2 is 2.04 bits per heavy atom. The van der Waals surface area contributed by atoms with Crippen molar-refractivity contribution in [2.24, 2.45) is 4.99 Å². The van der Waals surface area contributed by atoms with Crippen molar-refractivity contribution in [2.75, 3.05) is 26.7 Å². The zero-order chi connectivity index (χ0) is 19.8. The van der Waals surface area contributed by atoms with Crippen LogP contribution in [0.25, 0.3) is 0 Å². The van der Waals surface area contributed by atoms with Gasteiger partial charge in [-0.2, -0.15) is 4.98 Å². The second-order valence-electron chi connectivity index (χ2n) is 7.40. The van der Waals surface area contributed by atoms with Gasteiger partial charge >= 0.3 is 0 Å². The van der Waals surface area contributed by atoms with Crippen LogP contribution >= 0.6 is 0 Å². The maximum Gasteiger partial charge on any atom is 0.226 e. The van der Waals surface area contributed by atoms with E-state index in [2.05, 4.69) is 39.2 Å². The number of likely N-dealkylation sites (tertiary alicyclic amines) is 1. The van der Waals surface area contributed by atoms with Gasteiger partial charge in [0.05, 0.1) is 0 Å². The average molecular weight is 386 g/mol. The standard InChI is InChI=1S/C21H31N5O2/c1-16(2)20-24-19(28-25-20)10-7-13-23-21(22-3)26-14-11-18(12-15-26)27-17-8-5-4-6-9-17/h4-6,8-9,16,18H,7,10-15H2,1-3H3,(H,22,23). The largest absolute Gasteiger partial charge is 0.490 e. The van der Waals surface area contributed by atoms with E-state index in [9.17, 15) is 0 Å². The molecule has 1 aromatic heterocycles. The van der Waals surface area contributed by atoms with Crippen LogP contribution in [0.2, 0.25) is 0 Å². The maximum absolute atomic E-state index is 6.07. The number of nitrogens with zero attached hydrogens (tertiary/aromatic N) is 4. The molecule has 1 N–H and O–H groups in total. The van der Waals surface area contributed by atoms with E-state index < -0.39 is 0 Å². The molecular weight excluding hydrogens is 354 g/mol. The number of hydrogen-bond donors (Lipinski definition) is 1. The molecule has 2 heterocycles. The van der Waals surface area contributed by atoms with Crippen LogP contribution in [0.4, 0.5) is 0 Å². The van der Waals surface area contributed by atoms with Crippen LogP contribution in [0, 0.1) is 0 Å². The highest BCUT2D eigenvalue weighted by Crippen LogP contribution is 2.18. The number of aryl methyl sites for hydroxylation is 1. The van der Waals surface area contributed by atoms with Crippen LogP contribution in [0.3, 0.4) is 0 Å². The maximum atomic E-state index is 6.07. The third kappa shape index (κ3) is 5.71. The smallest absolute Gasteiger partial charge is 0.226 e. The van der Waals surface area contributed by atoms with Crippen molar-refractivity contribution in [3.05, 3.63) is 42.0 Å². The second-order valence-corrected chi connectivity index (χ2v) is 7.40. The van der Waals surface area contributed by atoms with Crippen molar-refractivity contribution in [3.63, 3.8) is 0 Å². The highest BCUT2D eigenvalue weighted by atomic mass is 16.5. The van der Waals surface area contributed by atoms with Gasteiger partial charge in [-0.05, 0) is 18.6 Å². The highest BCUT2D eigenvalue weighted by Gasteiger charge is 2.22.